The van der Waals surface area contributed by atoms with E-state index in [1.165, 1.54) is 5.56 Å². The number of ketones is 1. The number of carbonyl (C=O) groups is 1. The molecule has 0 radical (unpaired) electrons. The van der Waals surface area contributed by atoms with Crippen LogP contribution in [0.3, 0.4) is 0 Å². The smallest absolute Gasteiger partial charge is 0.166 e. The van der Waals surface area contributed by atoms with Gasteiger partial charge in [0.15, 0.2) is 5.78 Å². The van der Waals surface area contributed by atoms with Crippen LogP contribution >= 0.6 is 0 Å². The molecule has 0 saturated carbocycles. The predicted octanol–water partition coefficient (Wildman–Crippen LogP) is 2.53. The number of hydrogen-bond donors (Lipinski definition) is 0. The fraction of sp³-hybridized carbons (Fsp3) is 0.500. The van der Waals surface area contributed by atoms with Crippen LogP contribution in [0.1, 0.15) is 24.5 Å². The quantitative estimate of drug-likeness (QED) is 0.779. The molecular formula is C14H18O2. The number of rotatable bonds is 3. The van der Waals surface area contributed by atoms with Crippen molar-refractivity contribution >= 4 is 5.78 Å². The number of Topliss-reactive ketones (excluding diaryl/α,β-unsaturated/α-hetero) is 1. The molecule has 0 spiro atoms. The molecule has 2 rings (SSSR count). The molecule has 1 aliphatic rings. The second-order valence-corrected chi connectivity index (χ2v) is 4.69. The molecule has 1 heterocycles. The normalized spacial score (nSPS) is 24.6. The van der Waals surface area contributed by atoms with Gasteiger partial charge < -0.3 is 4.74 Å². The van der Waals surface area contributed by atoms with Crippen LogP contribution in [0.25, 0.3) is 0 Å². The fourth-order valence-electron chi connectivity index (χ4n) is 2.11. The molecule has 2 unspecified atom stereocenters. The number of benzene rings is 1. The van der Waals surface area contributed by atoms with Crippen LogP contribution in [0.15, 0.2) is 24.3 Å². The highest BCUT2D eigenvalue weighted by atomic mass is 16.5. The average molecular weight is 218 g/mol. The zero-order chi connectivity index (χ0) is 11.5. The van der Waals surface area contributed by atoms with Crippen LogP contribution in [0, 0.1) is 12.8 Å². The summed E-state index contributed by atoms with van der Waals surface area (Å²) < 4.78 is 5.47. The van der Waals surface area contributed by atoms with Crippen LogP contribution in [0.4, 0.5) is 0 Å². The van der Waals surface area contributed by atoms with Crippen molar-refractivity contribution in [2.75, 3.05) is 6.61 Å². The average Bonchev–Trinajstić information content (AvgIpc) is 2.68. The monoisotopic (exact) mass is 218 g/mol. The summed E-state index contributed by atoms with van der Waals surface area (Å²) in [7, 11) is 0. The van der Waals surface area contributed by atoms with Crippen LogP contribution in [-0.2, 0) is 16.0 Å². The van der Waals surface area contributed by atoms with Gasteiger partial charge >= 0.3 is 0 Å². The van der Waals surface area contributed by atoms with Crippen molar-refractivity contribution in [3.05, 3.63) is 35.4 Å². The molecule has 0 bridgehead atoms. The maximum absolute atomic E-state index is 12.0. The van der Waals surface area contributed by atoms with E-state index in [1.54, 1.807) is 0 Å². The van der Waals surface area contributed by atoms with Gasteiger partial charge in [-0.25, -0.2) is 0 Å². The largest absolute Gasteiger partial charge is 0.370 e. The molecular weight excluding hydrogens is 200 g/mol. The van der Waals surface area contributed by atoms with E-state index in [-0.39, 0.29) is 11.9 Å². The summed E-state index contributed by atoms with van der Waals surface area (Å²) in [6.07, 6.45) is 1.32. The van der Waals surface area contributed by atoms with E-state index < -0.39 is 0 Å². The lowest BCUT2D eigenvalue weighted by molar-refractivity contribution is -0.128. The van der Waals surface area contributed by atoms with Crippen LogP contribution in [-0.4, -0.2) is 18.5 Å². The van der Waals surface area contributed by atoms with Crippen molar-refractivity contribution in [2.24, 2.45) is 5.92 Å². The van der Waals surface area contributed by atoms with Gasteiger partial charge in [-0.3, -0.25) is 4.79 Å². The zero-order valence-corrected chi connectivity index (χ0v) is 9.90. The van der Waals surface area contributed by atoms with Gasteiger partial charge in [0, 0.05) is 13.0 Å². The molecule has 1 aromatic rings. The Morgan fingerprint density at radius 2 is 2.06 bits per heavy atom. The fourth-order valence-corrected chi connectivity index (χ4v) is 2.11. The first kappa shape index (κ1) is 11.3. The first-order valence-electron chi connectivity index (χ1n) is 5.86. The SMILES string of the molecule is Cc1ccc(CC(=O)C2OCCC2C)cc1. The van der Waals surface area contributed by atoms with Crippen molar-refractivity contribution in [2.45, 2.75) is 32.8 Å². The third-order valence-electron chi connectivity index (χ3n) is 3.20. The van der Waals surface area contributed by atoms with Crippen LogP contribution in [0.5, 0.6) is 0 Å². The van der Waals surface area contributed by atoms with Gasteiger partial charge in [0.2, 0.25) is 0 Å². The summed E-state index contributed by atoms with van der Waals surface area (Å²) in [5.41, 5.74) is 2.31. The van der Waals surface area contributed by atoms with Gasteiger partial charge in [0.25, 0.3) is 0 Å². The topological polar surface area (TPSA) is 26.3 Å². The molecule has 1 fully saturated rings. The Balaban J connectivity index is 1.99. The van der Waals surface area contributed by atoms with Crippen molar-refractivity contribution in [1.29, 1.82) is 0 Å². The highest BCUT2D eigenvalue weighted by molar-refractivity contribution is 5.85. The maximum Gasteiger partial charge on any atom is 0.166 e. The lowest BCUT2D eigenvalue weighted by Gasteiger charge is -2.13. The molecule has 0 amide bonds. The maximum atomic E-state index is 12.0. The minimum absolute atomic E-state index is 0.179. The molecule has 0 aliphatic carbocycles. The first-order valence-corrected chi connectivity index (χ1v) is 5.86. The summed E-state index contributed by atoms with van der Waals surface area (Å²) >= 11 is 0. The van der Waals surface area contributed by atoms with Crippen molar-refractivity contribution in [1.82, 2.24) is 0 Å². The Morgan fingerprint density at radius 3 is 2.62 bits per heavy atom. The molecule has 1 saturated heterocycles. The summed E-state index contributed by atoms with van der Waals surface area (Å²) in [6.45, 7) is 4.87. The second kappa shape index (κ2) is 4.79. The van der Waals surface area contributed by atoms with E-state index in [0.29, 0.717) is 12.3 Å². The molecule has 1 aliphatic heterocycles. The Bertz CT molecular complexity index is 367. The number of aryl methyl sites for hydroxylation is 1. The highest BCUT2D eigenvalue weighted by Gasteiger charge is 2.30. The van der Waals surface area contributed by atoms with E-state index in [0.717, 1.165) is 18.6 Å². The molecule has 0 aromatic heterocycles. The van der Waals surface area contributed by atoms with Crippen molar-refractivity contribution in [3.8, 4) is 0 Å². The lowest BCUT2D eigenvalue weighted by atomic mass is 9.96. The van der Waals surface area contributed by atoms with Gasteiger partial charge in [0.05, 0.1) is 0 Å². The van der Waals surface area contributed by atoms with Crippen molar-refractivity contribution in [3.63, 3.8) is 0 Å². The minimum Gasteiger partial charge on any atom is -0.370 e. The minimum atomic E-state index is -0.179. The Kier molecular flexibility index (Phi) is 3.39. The van der Waals surface area contributed by atoms with Gasteiger partial charge in [0.1, 0.15) is 6.10 Å². The third-order valence-corrected chi connectivity index (χ3v) is 3.20. The molecule has 0 N–H and O–H groups in total. The van der Waals surface area contributed by atoms with Crippen molar-refractivity contribution < 1.29 is 9.53 Å². The van der Waals surface area contributed by atoms with E-state index in [1.807, 2.05) is 31.2 Å². The molecule has 16 heavy (non-hydrogen) atoms. The van der Waals surface area contributed by atoms with Gasteiger partial charge in [-0.15, -0.1) is 0 Å². The third kappa shape index (κ3) is 2.50. The first-order chi connectivity index (χ1) is 7.66. The van der Waals surface area contributed by atoms with Gasteiger partial charge in [-0.05, 0) is 24.8 Å². The summed E-state index contributed by atoms with van der Waals surface area (Å²) in [6, 6.07) is 8.13. The molecule has 2 heteroatoms. The predicted molar refractivity (Wildman–Crippen MR) is 63.4 cm³/mol. The number of ether oxygens (including phenoxy) is 1. The van der Waals surface area contributed by atoms with E-state index in [9.17, 15) is 4.79 Å². The second-order valence-electron chi connectivity index (χ2n) is 4.69. The van der Waals surface area contributed by atoms with Crippen LogP contribution < -0.4 is 0 Å². The summed E-state index contributed by atoms with van der Waals surface area (Å²) in [5, 5.41) is 0. The molecule has 2 nitrogen and oxygen atoms in total. The number of carbonyl (C=O) groups excluding carboxylic acids is 1. The van der Waals surface area contributed by atoms with Crippen LogP contribution in [0.2, 0.25) is 0 Å². The van der Waals surface area contributed by atoms with Gasteiger partial charge in [-0.2, -0.15) is 0 Å². The van der Waals surface area contributed by atoms with Gasteiger partial charge in [-0.1, -0.05) is 36.8 Å². The molecule has 1 aromatic carbocycles. The van der Waals surface area contributed by atoms with E-state index >= 15 is 0 Å². The standard InChI is InChI=1S/C14H18O2/c1-10-3-5-12(6-4-10)9-13(15)14-11(2)7-8-16-14/h3-6,11,14H,7-9H2,1-2H3. The van der Waals surface area contributed by atoms with E-state index in [4.69, 9.17) is 4.74 Å². The molecule has 86 valence electrons. The summed E-state index contributed by atoms with van der Waals surface area (Å²) in [5.74, 6) is 0.590. The molecule has 2 atom stereocenters. The highest BCUT2D eigenvalue weighted by Crippen LogP contribution is 2.22. The van der Waals surface area contributed by atoms with E-state index in [2.05, 4.69) is 6.92 Å². The summed E-state index contributed by atoms with van der Waals surface area (Å²) in [4.78, 5) is 12.0. The Labute approximate surface area is 96.6 Å². The number of hydrogen-bond acceptors (Lipinski definition) is 2. The zero-order valence-electron chi connectivity index (χ0n) is 9.90. The Hall–Kier alpha value is -1.15. The Morgan fingerprint density at radius 1 is 1.38 bits per heavy atom. The lowest BCUT2D eigenvalue weighted by Crippen LogP contribution is -2.26.